The Kier molecular flexibility index (Phi) is 6.85. The highest BCUT2D eigenvalue weighted by Crippen LogP contribution is 2.36. The SMILES string of the molecule is CCCCNC(=O)c1cccc(C(=O)Nc2ccc(Cl)cc2C(F)(F)F)c1. The summed E-state index contributed by atoms with van der Waals surface area (Å²) in [5, 5.41) is 4.86. The van der Waals surface area contributed by atoms with E-state index in [1.807, 2.05) is 6.92 Å². The number of rotatable bonds is 6. The molecule has 2 amide bonds. The summed E-state index contributed by atoms with van der Waals surface area (Å²) in [5.74, 6) is -1.10. The zero-order valence-electron chi connectivity index (χ0n) is 14.5. The molecule has 0 saturated carbocycles. The molecule has 4 nitrogen and oxygen atoms in total. The number of unbranched alkanes of at least 4 members (excludes halogenated alkanes) is 1. The lowest BCUT2D eigenvalue weighted by Crippen LogP contribution is -2.24. The van der Waals surface area contributed by atoms with E-state index in [4.69, 9.17) is 11.6 Å². The number of carbonyl (C=O) groups excluding carboxylic acids is 2. The fraction of sp³-hybridized carbons (Fsp3) is 0.263. The van der Waals surface area contributed by atoms with Gasteiger partial charge in [0, 0.05) is 22.7 Å². The van der Waals surface area contributed by atoms with Gasteiger partial charge in [0.15, 0.2) is 0 Å². The Bertz CT molecular complexity index is 838. The van der Waals surface area contributed by atoms with Gasteiger partial charge in [-0.3, -0.25) is 9.59 Å². The summed E-state index contributed by atoms with van der Waals surface area (Å²) in [6.45, 7) is 2.49. The highest BCUT2D eigenvalue weighted by molar-refractivity contribution is 6.30. The largest absolute Gasteiger partial charge is 0.418 e. The molecule has 27 heavy (non-hydrogen) atoms. The second kappa shape index (κ2) is 8.90. The van der Waals surface area contributed by atoms with E-state index in [0.717, 1.165) is 25.0 Å². The Morgan fingerprint density at radius 3 is 2.33 bits per heavy atom. The van der Waals surface area contributed by atoms with E-state index in [1.54, 1.807) is 0 Å². The van der Waals surface area contributed by atoms with Crippen LogP contribution in [0, 0.1) is 0 Å². The van der Waals surface area contributed by atoms with Gasteiger partial charge in [-0.2, -0.15) is 13.2 Å². The average Bonchev–Trinajstić information content (AvgIpc) is 2.62. The standard InChI is InChI=1S/C19H18ClF3N2O2/c1-2-3-9-24-17(26)12-5-4-6-13(10-12)18(27)25-16-8-7-14(20)11-15(16)19(21,22)23/h4-8,10-11H,2-3,9H2,1H3,(H,24,26)(H,25,27). The smallest absolute Gasteiger partial charge is 0.352 e. The van der Waals surface area contributed by atoms with E-state index in [1.165, 1.54) is 30.3 Å². The summed E-state index contributed by atoms with van der Waals surface area (Å²) in [5.41, 5.74) is -1.13. The molecule has 8 heteroatoms. The number of alkyl halides is 3. The number of nitrogens with one attached hydrogen (secondary N) is 2. The van der Waals surface area contributed by atoms with Gasteiger partial charge in [-0.05, 0) is 42.8 Å². The molecule has 0 radical (unpaired) electrons. The van der Waals surface area contributed by atoms with Crippen LogP contribution in [0.2, 0.25) is 5.02 Å². The summed E-state index contributed by atoms with van der Waals surface area (Å²) in [7, 11) is 0. The van der Waals surface area contributed by atoms with Crippen molar-refractivity contribution in [2.24, 2.45) is 0 Å². The van der Waals surface area contributed by atoms with Crippen LogP contribution < -0.4 is 10.6 Å². The molecule has 2 rings (SSSR count). The molecule has 0 bridgehead atoms. The summed E-state index contributed by atoms with van der Waals surface area (Å²) in [6, 6.07) is 8.86. The Balaban J connectivity index is 2.20. The molecule has 2 N–H and O–H groups in total. The van der Waals surface area contributed by atoms with E-state index >= 15 is 0 Å². The lowest BCUT2D eigenvalue weighted by Gasteiger charge is -2.14. The zero-order valence-corrected chi connectivity index (χ0v) is 15.2. The van der Waals surface area contributed by atoms with Gasteiger partial charge in [0.2, 0.25) is 0 Å². The van der Waals surface area contributed by atoms with Gasteiger partial charge in [0.25, 0.3) is 11.8 Å². The van der Waals surface area contributed by atoms with Gasteiger partial charge in [-0.1, -0.05) is 31.0 Å². The van der Waals surface area contributed by atoms with Gasteiger partial charge < -0.3 is 10.6 Å². The summed E-state index contributed by atoms with van der Waals surface area (Å²) >= 11 is 5.63. The third kappa shape index (κ3) is 5.72. The molecule has 0 aliphatic carbocycles. The second-order valence-electron chi connectivity index (χ2n) is 5.83. The predicted molar refractivity (Wildman–Crippen MR) is 98.1 cm³/mol. The molecule has 0 spiro atoms. The first-order valence-corrected chi connectivity index (χ1v) is 8.66. The highest BCUT2D eigenvalue weighted by atomic mass is 35.5. The van der Waals surface area contributed by atoms with Crippen LogP contribution in [0.25, 0.3) is 0 Å². The first-order valence-electron chi connectivity index (χ1n) is 8.28. The maximum atomic E-state index is 13.1. The minimum Gasteiger partial charge on any atom is -0.352 e. The molecule has 0 saturated heterocycles. The Morgan fingerprint density at radius 1 is 1.04 bits per heavy atom. The zero-order chi connectivity index (χ0) is 20.0. The number of hydrogen-bond acceptors (Lipinski definition) is 2. The fourth-order valence-electron chi connectivity index (χ4n) is 2.34. The lowest BCUT2D eigenvalue weighted by atomic mass is 10.1. The molecule has 0 aliphatic heterocycles. The van der Waals surface area contributed by atoms with E-state index in [2.05, 4.69) is 10.6 Å². The number of anilines is 1. The third-order valence-electron chi connectivity index (χ3n) is 3.74. The first-order chi connectivity index (χ1) is 12.7. The Hall–Kier alpha value is -2.54. The Morgan fingerprint density at radius 2 is 1.70 bits per heavy atom. The molecule has 144 valence electrons. The quantitative estimate of drug-likeness (QED) is 0.662. The van der Waals surface area contributed by atoms with E-state index < -0.39 is 23.3 Å². The van der Waals surface area contributed by atoms with E-state index in [-0.39, 0.29) is 22.1 Å². The van der Waals surface area contributed by atoms with Gasteiger partial charge >= 0.3 is 6.18 Å². The van der Waals surface area contributed by atoms with Crippen LogP contribution in [0.3, 0.4) is 0 Å². The summed E-state index contributed by atoms with van der Waals surface area (Å²) < 4.78 is 39.4. The minimum absolute atomic E-state index is 0.0706. The van der Waals surface area contributed by atoms with Crippen molar-refractivity contribution in [3.05, 3.63) is 64.2 Å². The highest BCUT2D eigenvalue weighted by Gasteiger charge is 2.34. The van der Waals surface area contributed by atoms with Crippen molar-refractivity contribution in [1.82, 2.24) is 5.32 Å². The maximum Gasteiger partial charge on any atom is 0.418 e. The molecular formula is C19H18ClF3N2O2. The molecule has 0 aromatic heterocycles. The van der Waals surface area contributed by atoms with Crippen LogP contribution in [0.5, 0.6) is 0 Å². The van der Waals surface area contributed by atoms with Crippen LogP contribution in [0.15, 0.2) is 42.5 Å². The van der Waals surface area contributed by atoms with Crippen molar-refractivity contribution >= 4 is 29.1 Å². The number of carbonyl (C=O) groups is 2. The van der Waals surface area contributed by atoms with Crippen LogP contribution in [0.4, 0.5) is 18.9 Å². The van der Waals surface area contributed by atoms with Crippen LogP contribution in [-0.2, 0) is 6.18 Å². The number of benzene rings is 2. The van der Waals surface area contributed by atoms with Gasteiger partial charge in [0.1, 0.15) is 0 Å². The molecule has 0 fully saturated rings. The average molecular weight is 399 g/mol. The third-order valence-corrected chi connectivity index (χ3v) is 3.97. The molecule has 0 heterocycles. The molecule has 0 aliphatic rings. The van der Waals surface area contributed by atoms with E-state index in [9.17, 15) is 22.8 Å². The van der Waals surface area contributed by atoms with Crippen molar-refractivity contribution in [1.29, 1.82) is 0 Å². The lowest BCUT2D eigenvalue weighted by molar-refractivity contribution is -0.136. The van der Waals surface area contributed by atoms with Crippen LogP contribution in [0.1, 0.15) is 46.0 Å². The van der Waals surface area contributed by atoms with Crippen molar-refractivity contribution in [3.63, 3.8) is 0 Å². The van der Waals surface area contributed by atoms with Crippen molar-refractivity contribution in [2.45, 2.75) is 25.9 Å². The molecule has 2 aromatic rings. The van der Waals surface area contributed by atoms with Gasteiger partial charge in [0.05, 0.1) is 11.3 Å². The molecule has 2 aromatic carbocycles. The van der Waals surface area contributed by atoms with Gasteiger partial charge in [-0.15, -0.1) is 0 Å². The molecule has 0 unspecified atom stereocenters. The maximum absolute atomic E-state index is 13.1. The minimum atomic E-state index is -4.67. The summed E-state index contributed by atoms with van der Waals surface area (Å²) in [4.78, 5) is 24.4. The van der Waals surface area contributed by atoms with Crippen molar-refractivity contribution < 1.29 is 22.8 Å². The fourth-order valence-corrected chi connectivity index (χ4v) is 2.51. The van der Waals surface area contributed by atoms with E-state index in [0.29, 0.717) is 6.54 Å². The van der Waals surface area contributed by atoms with Crippen LogP contribution in [-0.4, -0.2) is 18.4 Å². The van der Waals surface area contributed by atoms with Crippen molar-refractivity contribution in [3.8, 4) is 0 Å². The summed E-state index contributed by atoms with van der Waals surface area (Å²) in [6.07, 6.45) is -2.93. The Labute approximate surface area is 159 Å². The monoisotopic (exact) mass is 398 g/mol. The number of halogens is 4. The topological polar surface area (TPSA) is 58.2 Å². The molecular weight excluding hydrogens is 381 g/mol. The normalized spacial score (nSPS) is 11.1. The predicted octanol–water partition coefficient (Wildman–Crippen LogP) is 5.14. The van der Waals surface area contributed by atoms with Gasteiger partial charge in [-0.25, -0.2) is 0 Å². The van der Waals surface area contributed by atoms with Crippen molar-refractivity contribution in [2.75, 3.05) is 11.9 Å². The van der Waals surface area contributed by atoms with Crippen LogP contribution >= 0.6 is 11.6 Å². The number of hydrogen-bond donors (Lipinski definition) is 2. The number of amides is 2. The second-order valence-corrected chi connectivity index (χ2v) is 6.27. The molecule has 0 atom stereocenters. The first kappa shape index (κ1) is 20.8.